The van der Waals surface area contributed by atoms with Gasteiger partial charge in [0.25, 0.3) is 5.56 Å². The number of carbonyl (C=O) groups is 1. The number of likely N-dealkylation sites (tertiary alicyclic amines) is 1. The largest absolute Gasteiger partial charge is 0.370 e. The zero-order valence-electron chi connectivity index (χ0n) is 17.2. The normalized spacial score (nSPS) is 16.5. The summed E-state index contributed by atoms with van der Waals surface area (Å²) >= 11 is 0.972. The highest BCUT2D eigenvalue weighted by molar-refractivity contribution is 7.88. The van der Waals surface area contributed by atoms with Gasteiger partial charge in [0.15, 0.2) is 0 Å². The number of halogens is 1. The van der Waals surface area contributed by atoms with Gasteiger partial charge in [-0.1, -0.05) is 6.92 Å². The molecular formula is C19H28ClN3O5S2. The maximum Gasteiger partial charge on any atom is 0.304 e. The van der Waals surface area contributed by atoms with Crippen molar-refractivity contribution in [3.05, 3.63) is 39.8 Å². The summed E-state index contributed by atoms with van der Waals surface area (Å²) in [4.78, 5) is 27.8. The molecule has 1 amide bonds. The number of primary amides is 1. The number of aromatic amines is 1. The molecule has 2 aromatic heterocycles. The van der Waals surface area contributed by atoms with Gasteiger partial charge >= 0.3 is 10.1 Å². The van der Waals surface area contributed by atoms with E-state index in [1.54, 1.807) is 19.1 Å². The van der Waals surface area contributed by atoms with E-state index in [1.165, 1.54) is 12.5 Å². The van der Waals surface area contributed by atoms with Gasteiger partial charge < -0.3 is 15.6 Å². The Balaban J connectivity index is 0.000000348. The van der Waals surface area contributed by atoms with Crippen LogP contribution in [0.1, 0.15) is 37.4 Å². The minimum Gasteiger partial charge on any atom is -0.370 e. The molecule has 1 aliphatic heterocycles. The summed E-state index contributed by atoms with van der Waals surface area (Å²) in [6.07, 6.45) is 3.45. The molecule has 8 nitrogen and oxygen atoms in total. The zero-order valence-corrected chi connectivity index (χ0v) is 19.6. The second-order valence-electron chi connectivity index (χ2n) is 7.06. The van der Waals surface area contributed by atoms with Crippen LogP contribution in [0.25, 0.3) is 10.4 Å². The van der Waals surface area contributed by atoms with Crippen molar-refractivity contribution in [2.45, 2.75) is 49.8 Å². The van der Waals surface area contributed by atoms with Crippen molar-refractivity contribution < 1.29 is 17.8 Å². The molecular weight excluding hydrogens is 450 g/mol. The van der Waals surface area contributed by atoms with Crippen LogP contribution >= 0.6 is 23.7 Å². The lowest BCUT2D eigenvalue weighted by atomic mass is 10.1. The van der Waals surface area contributed by atoms with Gasteiger partial charge in [-0.15, -0.1) is 23.7 Å². The first-order chi connectivity index (χ1) is 13.5. The van der Waals surface area contributed by atoms with Crippen LogP contribution in [0.3, 0.4) is 0 Å². The van der Waals surface area contributed by atoms with E-state index in [2.05, 4.69) is 9.88 Å². The molecule has 1 atom stereocenters. The van der Waals surface area contributed by atoms with Crippen molar-refractivity contribution in [1.29, 1.82) is 0 Å². The summed E-state index contributed by atoms with van der Waals surface area (Å²) < 4.78 is 31.0. The van der Waals surface area contributed by atoms with Crippen LogP contribution in [-0.2, 0) is 21.3 Å². The lowest BCUT2D eigenvalue weighted by molar-refractivity contribution is -0.118. The van der Waals surface area contributed by atoms with Crippen molar-refractivity contribution >= 4 is 39.8 Å². The first-order valence-corrected chi connectivity index (χ1v) is 11.6. The maximum absolute atomic E-state index is 11.6. The molecule has 0 aliphatic carbocycles. The van der Waals surface area contributed by atoms with Crippen molar-refractivity contribution in [1.82, 2.24) is 9.88 Å². The second-order valence-corrected chi connectivity index (χ2v) is 9.79. The molecule has 3 rings (SSSR count). The van der Waals surface area contributed by atoms with Crippen LogP contribution in [0.2, 0.25) is 0 Å². The van der Waals surface area contributed by atoms with Crippen molar-refractivity contribution in [3.63, 3.8) is 0 Å². The second kappa shape index (κ2) is 11.1. The van der Waals surface area contributed by atoms with Gasteiger partial charge in [-0.2, -0.15) is 8.42 Å². The van der Waals surface area contributed by atoms with Crippen molar-refractivity contribution in [3.8, 4) is 10.4 Å². The van der Waals surface area contributed by atoms with E-state index in [-0.39, 0.29) is 28.1 Å². The molecule has 0 bridgehead atoms. The fraction of sp³-hybridized carbons (Fsp3) is 0.474. The summed E-state index contributed by atoms with van der Waals surface area (Å²) in [5, 5.41) is 0. The van der Waals surface area contributed by atoms with Gasteiger partial charge in [-0.25, -0.2) is 0 Å². The number of aryl methyl sites for hydroxylation is 2. The van der Waals surface area contributed by atoms with Gasteiger partial charge in [-0.3, -0.25) is 14.1 Å². The Bertz CT molecular complexity index is 1030. The number of hydrogen-bond donors (Lipinski definition) is 3. The smallest absolute Gasteiger partial charge is 0.304 e. The van der Waals surface area contributed by atoms with E-state index in [4.69, 9.17) is 10.3 Å². The van der Waals surface area contributed by atoms with E-state index < -0.39 is 10.1 Å². The highest BCUT2D eigenvalue weighted by Gasteiger charge is 2.21. The number of H-pyrrole nitrogens is 1. The average Bonchev–Trinajstić information content (AvgIpc) is 3.25. The third kappa shape index (κ3) is 6.92. The minimum absolute atomic E-state index is 0. The van der Waals surface area contributed by atoms with Gasteiger partial charge in [0.05, 0.1) is 0 Å². The van der Waals surface area contributed by atoms with Gasteiger partial charge in [0.2, 0.25) is 5.91 Å². The van der Waals surface area contributed by atoms with Crippen LogP contribution in [0.15, 0.2) is 27.2 Å². The predicted octanol–water partition coefficient (Wildman–Crippen LogP) is 2.60. The highest BCUT2D eigenvalue weighted by atomic mass is 35.5. The number of pyridine rings is 1. The Hall–Kier alpha value is -1.72. The molecule has 4 N–H and O–H groups in total. The number of amides is 1. The Morgan fingerprint density at radius 2 is 2.07 bits per heavy atom. The molecule has 168 valence electrons. The van der Waals surface area contributed by atoms with Crippen LogP contribution in [0.5, 0.6) is 0 Å². The minimum atomic E-state index is -4.18. The van der Waals surface area contributed by atoms with E-state index in [9.17, 15) is 18.0 Å². The summed E-state index contributed by atoms with van der Waals surface area (Å²) in [6, 6.07) is 5.14. The maximum atomic E-state index is 11.6. The molecule has 0 aromatic carbocycles. The van der Waals surface area contributed by atoms with Gasteiger partial charge in [-0.05, 0) is 58.0 Å². The van der Waals surface area contributed by atoms with E-state index in [0.29, 0.717) is 35.0 Å². The number of hydrogen-bond acceptors (Lipinski definition) is 6. The van der Waals surface area contributed by atoms with Crippen LogP contribution in [0, 0.1) is 6.92 Å². The highest BCUT2D eigenvalue weighted by Crippen LogP contribution is 2.32. The quantitative estimate of drug-likeness (QED) is 0.566. The van der Waals surface area contributed by atoms with E-state index >= 15 is 0 Å². The van der Waals surface area contributed by atoms with E-state index in [0.717, 1.165) is 29.9 Å². The average molecular weight is 478 g/mol. The van der Waals surface area contributed by atoms with Crippen LogP contribution in [0.4, 0.5) is 0 Å². The molecule has 11 heteroatoms. The third-order valence-electron chi connectivity index (χ3n) is 4.91. The number of nitrogens with zero attached hydrogens (tertiary/aromatic N) is 1. The Labute approximate surface area is 186 Å². The first-order valence-electron chi connectivity index (χ1n) is 9.32. The Morgan fingerprint density at radius 1 is 1.40 bits per heavy atom. The van der Waals surface area contributed by atoms with Crippen molar-refractivity contribution in [2.75, 3.05) is 13.6 Å². The van der Waals surface area contributed by atoms with Crippen LogP contribution in [-0.4, -0.2) is 48.4 Å². The molecule has 0 radical (unpaired) electrons. The number of rotatable bonds is 5. The standard InChI is InChI=1S/C12H13NO4S2.C7H14N2O.ClH/c1-3-8-6-9(7(2)13-12(8)14)10-4-5-11(18-10)19(15,16)17;1-9-4-2-3-6(9)5-7(8)10;/h4-6H,3H2,1-2H3,(H,13,14)(H,15,16,17);6H,2-5H2,1H3,(H2,8,10);1H. The molecule has 0 spiro atoms. The molecule has 1 unspecified atom stereocenters. The summed E-state index contributed by atoms with van der Waals surface area (Å²) in [5.41, 5.74) is 7.03. The molecule has 30 heavy (non-hydrogen) atoms. The van der Waals surface area contributed by atoms with Crippen LogP contribution < -0.4 is 11.3 Å². The Morgan fingerprint density at radius 3 is 2.53 bits per heavy atom. The third-order valence-corrected chi connectivity index (χ3v) is 7.35. The SMILES string of the molecule is CCc1cc(-c2ccc(S(=O)(=O)O)s2)c(C)[nH]c1=O.CN1CCCC1CC(N)=O.Cl. The molecule has 1 fully saturated rings. The van der Waals surface area contributed by atoms with Gasteiger partial charge in [0.1, 0.15) is 4.21 Å². The summed E-state index contributed by atoms with van der Waals surface area (Å²) in [7, 11) is -2.14. The molecule has 1 saturated heterocycles. The fourth-order valence-corrected chi connectivity index (χ4v) is 5.00. The van der Waals surface area contributed by atoms with E-state index in [1.807, 2.05) is 14.0 Å². The number of aromatic nitrogens is 1. The van der Waals surface area contributed by atoms with Gasteiger partial charge in [0, 0.05) is 34.2 Å². The molecule has 0 saturated carbocycles. The molecule has 3 heterocycles. The number of nitrogens with two attached hydrogens (primary N) is 1. The monoisotopic (exact) mass is 477 g/mol. The lowest BCUT2D eigenvalue weighted by Crippen LogP contribution is -2.29. The lowest BCUT2D eigenvalue weighted by Gasteiger charge is -2.16. The Kier molecular flexibility index (Phi) is 9.70. The zero-order chi connectivity index (χ0) is 21.8. The fourth-order valence-electron chi connectivity index (χ4n) is 3.26. The summed E-state index contributed by atoms with van der Waals surface area (Å²) in [6.45, 7) is 4.74. The molecule has 1 aliphatic rings. The predicted molar refractivity (Wildman–Crippen MR) is 121 cm³/mol. The van der Waals surface area contributed by atoms with Crippen molar-refractivity contribution in [2.24, 2.45) is 5.73 Å². The first kappa shape index (κ1) is 26.3. The topological polar surface area (TPSA) is 134 Å². The number of thiophene rings is 1. The number of carbonyl (C=O) groups excluding carboxylic acids is 1. The number of nitrogens with one attached hydrogen (secondary N) is 1. The summed E-state index contributed by atoms with van der Waals surface area (Å²) in [5.74, 6) is -0.182. The molecule has 2 aromatic rings.